The molecule has 0 heterocycles. The van der Waals surface area contributed by atoms with Gasteiger partial charge in [-0.25, -0.2) is 0 Å². The Bertz CT molecular complexity index is 558. The summed E-state index contributed by atoms with van der Waals surface area (Å²) in [6.07, 6.45) is 8.25. The van der Waals surface area contributed by atoms with Crippen LogP contribution in [0.25, 0.3) is 0 Å². The minimum absolute atomic E-state index is 0.0432. The Morgan fingerprint density at radius 2 is 1.71 bits per heavy atom. The average Bonchev–Trinajstić information content (AvgIpc) is 2.38. The van der Waals surface area contributed by atoms with E-state index in [2.05, 4.69) is 5.32 Å². The van der Waals surface area contributed by atoms with Gasteiger partial charge in [-0.3, -0.25) is 4.79 Å². The summed E-state index contributed by atoms with van der Waals surface area (Å²) in [5.41, 5.74) is 8.47. The van der Waals surface area contributed by atoms with Crippen molar-refractivity contribution in [2.24, 2.45) is 17.8 Å². The molecule has 0 unspecified atom stereocenters. The summed E-state index contributed by atoms with van der Waals surface area (Å²) in [5.74, 6) is 2.81. The molecule has 4 aliphatic carbocycles. The van der Waals surface area contributed by atoms with Gasteiger partial charge in [-0.2, -0.15) is 0 Å². The molecule has 0 saturated heterocycles. The van der Waals surface area contributed by atoms with Gasteiger partial charge in [0, 0.05) is 22.5 Å². The van der Waals surface area contributed by atoms with Crippen LogP contribution in [0.5, 0.6) is 0 Å². The number of rotatable bonds is 3. The molecule has 0 amide bonds. The maximum Gasteiger partial charge on any atom is 0.161 e. The van der Waals surface area contributed by atoms with Crippen LogP contribution >= 0.6 is 0 Å². The van der Waals surface area contributed by atoms with Crippen molar-refractivity contribution < 1.29 is 4.79 Å². The third-order valence-corrected chi connectivity index (χ3v) is 5.88. The molecule has 0 atom stereocenters. The molecule has 0 aliphatic heterocycles. The molecule has 4 aliphatic rings. The van der Waals surface area contributed by atoms with Crippen LogP contribution in [0, 0.1) is 17.8 Å². The second-order valence-electron chi connectivity index (χ2n) is 7.68. The summed E-state index contributed by atoms with van der Waals surface area (Å²) in [6.45, 7) is 1.58. The number of benzene rings is 1. The van der Waals surface area contributed by atoms with E-state index in [1.807, 2.05) is 18.2 Å². The molecule has 3 N–H and O–H groups in total. The normalized spacial score (nSPS) is 36.7. The van der Waals surface area contributed by atoms with Crippen molar-refractivity contribution in [2.45, 2.75) is 51.0 Å². The van der Waals surface area contributed by atoms with Gasteiger partial charge in [-0.05, 0) is 81.4 Å². The summed E-state index contributed by atoms with van der Waals surface area (Å²) in [4.78, 5) is 11.7. The lowest BCUT2D eigenvalue weighted by molar-refractivity contribution is 0.0107. The molecule has 4 bridgehead atoms. The molecule has 0 aromatic heterocycles. The van der Waals surface area contributed by atoms with Gasteiger partial charge < -0.3 is 11.1 Å². The summed E-state index contributed by atoms with van der Waals surface area (Å²) >= 11 is 0. The van der Waals surface area contributed by atoms with Gasteiger partial charge in [-0.1, -0.05) is 0 Å². The van der Waals surface area contributed by atoms with E-state index in [4.69, 9.17) is 5.73 Å². The number of hydrogen-bond acceptors (Lipinski definition) is 3. The zero-order valence-corrected chi connectivity index (χ0v) is 12.7. The number of nitrogens with one attached hydrogen (secondary N) is 1. The van der Waals surface area contributed by atoms with E-state index in [-0.39, 0.29) is 11.3 Å². The minimum Gasteiger partial charge on any atom is -0.398 e. The van der Waals surface area contributed by atoms with Crippen LogP contribution in [0.1, 0.15) is 55.8 Å². The number of ketones is 1. The smallest absolute Gasteiger partial charge is 0.161 e. The highest BCUT2D eigenvalue weighted by molar-refractivity contribution is 6.00. The van der Waals surface area contributed by atoms with Crippen LogP contribution in [0.3, 0.4) is 0 Å². The molecule has 5 rings (SSSR count). The largest absolute Gasteiger partial charge is 0.398 e. The van der Waals surface area contributed by atoms with E-state index < -0.39 is 0 Å². The van der Waals surface area contributed by atoms with E-state index in [0.717, 1.165) is 23.4 Å². The van der Waals surface area contributed by atoms with Crippen LogP contribution in [0.15, 0.2) is 18.2 Å². The van der Waals surface area contributed by atoms with Crippen molar-refractivity contribution in [1.82, 2.24) is 0 Å². The molecule has 3 heteroatoms. The number of hydrogen-bond donors (Lipinski definition) is 2. The van der Waals surface area contributed by atoms with E-state index in [1.165, 1.54) is 38.5 Å². The van der Waals surface area contributed by atoms with Gasteiger partial charge in [0.05, 0.1) is 0 Å². The Morgan fingerprint density at radius 1 is 1.14 bits per heavy atom. The summed E-state index contributed by atoms with van der Waals surface area (Å²) < 4.78 is 0. The topological polar surface area (TPSA) is 55.1 Å². The molecule has 112 valence electrons. The van der Waals surface area contributed by atoms with E-state index in [0.29, 0.717) is 11.3 Å². The first-order valence-electron chi connectivity index (χ1n) is 8.22. The lowest BCUT2D eigenvalue weighted by atomic mass is 9.53. The highest BCUT2D eigenvalue weighted by Crippen LogP contribution is 2.56. The molecule has 3 nitrogen and oxygen atoms in total. The fourth-order valence-electron chi connectivity index (χ4n) is 5.51. The molecule has 0 radical (unpaired) electrons. The maximum absolute atomic E-state index is 11.7. The number of nitrogens with two attached hydrogens (primary N) is 1. The maximum atomic E-state index is 11.7. The summed E-state index contributed by atoms with van der Waals surface area (Å²) in [6, 6.07) is 5.83. The van der Waals surface area contributed by atoms with Crippen molar-refractivity contribution in [2.75, 3.05) is 11.1 Å². The molecule has 4 fully saturated rings. The second kappa shape index (κ2) is 4.49. The Kier molecular flexibility index (Phi) is 2.82. The first-order chi connectivity index (χ1) is 10.0. The van der Waals surface area contributed by atoms with Crippen LogP contribution in [0.4, 0.5) is 11.4 Å². The first kappa shape index (κ1) is 13.2. The summed E-state index contributed by atoms with van der Waals surface area (Å²) in [7, 11) is 0. The molecular weight excluding hydrogens is 260 g/mol. The Labute approximate surface area is 126 Å². The first-order valence-corrected chi connectivity index (χ1v) is 8.22. The van der Waals surface area contributed by atoms with Crippen LogP contribution < -0.4 is 11.1 Å². The number of carbonyl (C=O) groups is 1. The standard InChI is InChI=1S/C18H24N2O/c1-11(21)16-7-15(2-3-17(16)19)20-18-8-12-4-13(9-18)6-14(5-12)10-18/h2-3,7,12-14,20H,4-6,8-10,19H2,1H3. The third-order valence-electron chi connectivity index (χ3n) is 5.88. The number of anilines is 2. The Morgan fingerprint density at radius 3 is 2.24 bits per heavy atom. The molecule has 1 aromatic rings. The average molecular weight is 284 g/mol. The lowest BCUT2D eigenvalue weighted by Crippen LogP contribution is -2.54. The van der Waals surface area contributed by atoms with E-state index >= 15 is 0 Å². The van der Waals surface area contributed by atoms with E-state index in [9.17, 15) is 4.79 Å². The van der Waals surface area contributed by atoms with Crippen molar-refractivity contribution >= 4 is 17.2 Å². The van der Waals surface area contributed by atoms with Gasteiger partial charge in [0.25, 0.3) is 0 Å². The number of nitrogen functional groups attached to an aromatic ring is 1. The SMILES string of the molecule is CC(=O)c1cc(NC23CC4CC(CC(C4)C2)C3)ccc1N. The van der Waals surface area contributed by atoms with Gasteiger partial charge in [0.1, 0.15) is 0 Å². The fourth-order valence-corrected chi connectivity index (χ4v) is 5.51. The van der Waals surface area contributed by atoms with Gasteiger partial charge in [0.2, 0.25) is 0 Å². The highest BCUT2D eigenvalue weighted by atomic mass is 16.1. The lowest BCUT2D eigenvalue weighted by Gasteiger charge is -2.57. The van der Waals surface area contributed by atoms with Crippen molar-refractivity contribution in [3.8, 4) is 0 Å². The van der Waals surface area contributed by atoms with Crippen molar-refractivity contribution in [1.29, 1.82) is 0 Å². The number of carbonyl (C=O) groups excluding carboxylic acids is 1. The Hall–Kier alpha value is -1.51. The summed E-state index contributed by atoms with van der Waals surface area (Å²) in [5, 5.41) is 3.80. The minimum atomic E-state index is 0.0432. The van der Waals surface area contributed by atoms with Crippen LogP contribution in [-0.2, 0) is 0 Å². The second-order valence-corrected chi connectivity index (χ2v) is 7.68. The zero-order chi connectivity index (χ0) is 14.6. The van der Waals surface area contributed by atoms with Crippen molar-refractivity contribution in [3.63, 3.8) is 0 Å². The van der Waals surface area contributed by atoms with Crippen LogP contribution in [0.2, 0.25) is 0 Å². The van der Waals surface area contributed by atoms with Gasteiger partial charge in [-0.15, -0.1) is 0 Å². The monoisotopic (exact) mass is 284 g/mol. The highest BCUT2D eigenvalue weighted by Gasteiger charge is 2.50. The number of Topliss-reactive ketones (excluding diaryl/α,β-unsaturated/α-hetero) is 1. The van der Waals surface area contributed by atoms with Crippen LogP contribution in [-0.4, -0.2) is 11.3 Å². The molecule has 4 saturated carbocycles. The molecular formula is C18H24N2O. The third kappa shape index (κ3) is 2.23. The predicted octanol–water partition coefficient (Wildman–Crippen LogP) is 3.85. The fraction of sp³-hybridized carbons (Fsp3) is 0.611. The van der Waals surface area contributed by atoms with E-state index in [1.54, 1.807) is 6.92 Å². The van der Waals surface area contributed by atoms with Gasteiger partial charge in [0.15, 0.2) is 5.78 Å². The molecule has 1 aromatic carbocycles. The quantitative estimate of drug-likeness (QED) is 0.654. The molecule has 21 heavy (non-hydrogen) atoms. The van der Waals surface area contributed by atoms with Crippen molar-refractivity contribution in [3.05, 3.63) is 23.8 Å². The molecule has 0 spiro atoms. The zero-order valence-electron chi connectivity index (χ0n) is 12.7. The Balaban J connectivity index is 1.61. The predicted molar refractivity (Wildman–Crippen MR) is 85.4 cm³/mol. The van der Waals surface area contributed by atoms with Gasteiger partial charge >= 0.3 is 0 Å².